The molecule has 1 aliphatic heterocycles. The molecule has 2 unspecified atom stereocenters. The van der Waals surface area contributed by atoms with E-state index in [1.807, 2.05) is 17.5 Å². The van der Waals surface area contributed by atoms with Crippen LogP contribution >= 0.6 is 11.3 Å². The zero-order chi connectivity index (χ0) is 14.1. The molecule has 0 amide bonds. The fourth-order valence-corrected chi connectivity index (χ4v) is 4.57. The number of rotatable bonds is 3. The molecule has 112 valence electrons. The van der Waals surface area contributed by atoms with Gasteiger partial charge in [-0.15, -0.1) is 11.3 Å². The topological polar surface area (TPSA) is 42.2 Å². The molecule has 2 aromatic heterocycles. The minimum absolute atomic E-state index is 0.734. The summed E-state index contributed by atoms with van der Waals surface area (Å²) in [5.74, 6) is 2.40. The van der Waals surface area contributed by atoms with Gasteiger partial charge in [0, 0.05) is 6.04 Å². The van der Waals surface area contributed by atoms with Gasteiger partial charge in [-0.2, -0.15) is 4.98 Å². The summed E-state index contributed by atoms with van der Waals surface area (Å²) in [6, 6.07) is 4.80. The smallest absolute Gasteiger partial charge is 0.241 e. The van der Waals surface area contributed by atoms with Crippen LogP contribution in [-0.2, 0) is 6.54 Å². The van der Waals surface area contributed by atoms with E-state index in [4.69, 9.17) is 4.52 Å². The Morgan fingerprint density at radius 1 is 1.24 bits per heavy atom. The second kappa shape index (κ2) is 5.89. The first kappa shape index (κ1) is 13.5. The van der Waals surface area contributed by atoms with Crippen molar-refractivity contribution in [1.82, 2.24) is 15.0 Å². The van der Waals surface area contributed by atoms with Crippen molar-refractivity contribution < 1.29 is 4.52 Å². The molecular weight excluding hydrogens is 282 g/mol. The lowest BCUT2D eigenvalue weighted by Gasteiger charge is -2.43. The molecule has 3 heterocycles. The molecule has 1 aliphatic carbocycles. The molecule has 0 N–H and O–H groups in total. The maximum Gasteiger partial charge on any atom is 0.241 e. The van der Waals surface area contributed by atoms with Gasteiger partial charge >= 0.3 is 0 Å². The SMILES string of the molecule is c1csc(-c2noc(CN3CCCC4CCCCC43)n2)c1. The first-order chi connectivity index (χ1) is 10.4. The van der Waals surface area contributed by atoms with Crippen LogP contribution in [0.5, 0.6) is 0 Å². The predicted molar refractivity (Wildman–Crippen MR) is 83.0 cm³/mol. The number of thiophene rings is 1. The van der Waals surface area contributed by atoms with E-state index in [1.54, 1.807) is 11.3 Å². The van der Waals surface area contributed by atoms with Crippen LogP contribution in [0.25, 0.3) is 10.7 Å². The maximum atomic E-state index is 5.47. The molecule has 1 saturated carbocycles. The molecule has 0 radical (unpaired) electrons. The van der Waals surface area contributed by atoms with Crippen LogP contribution in [0.4, 0.5) is 0 Å². The Hall–Kier alpha value is -1.20. The summed E-state index contributed by atoms with van der Waals surface area (Å²) in [5.41, 5.74) is 0. The molecule has 2 atom stereocenters. The van der Waals surface area contributed by atoms with Crippen molar-refractivity contribution in [2.45, 2.75) is 51.1 Å². The van der Waals surface area contributed by atoms with Gasteiger partial charge in [0.2, 0.25) is 11.7 Å². The number of hydrogen-bond donors (Lipinski definition) is 0. The van der Waals surface area contributed by atoms with Crippen LogP contribution in [-0.4, -0.2) is 27.6 Å². The van der Waals surface area contributed by atoms with Gasteiger partial charge in [-0.3, -0.25) is 4.90 Å². The quantitative estimate of drug-likeness (QED) is 0.861. The van der Waals surface area contributed by atoms with Gasteiger partial charge < -0.3 is 4.52 Å². The van der Waals surface area contributed by atoms with Crippen LogP contribution in [0.1, 0.15) is 44.4 Å². The van der Waals surface area contributed by atoms with Crippen molar-refractivity contribution in [3.8, 4) is 10.7 Å². The Bertz CT molecular complexity index is 578. The first-order valence-corrected chi connectivity index (χ1v) is 8.88. The van der Waals surface area contributed by atoms with Gasteiger partial charge in [0.15, 0.2) is 0 Å². The monoisotopic (exact) mass is 303 g/mol. The summed E-state index contributed by atoms with van der Waals surface area (Å²) in [5, 5.41) is 6.17. The van der Waals surface area contributed by atoms with E-state index < -0.39 is 0 Å². The number of piperidine rings is 1. The van der Waals surface area contributed by atoms with E-state index >= 15 is 0 Å². The van der Waals surface area contributed by atoms with Crippen molar-refractivity contribution in [2.75, 3.05) is 6.54 Å². The second-order valence-corrected chi connectivity index (χ2v) is 7.16. The van der Waals surface area contributed by atoms with Crippen molar-refractivity contribution >= 4 is 11.3 Å². The first-order valence-electron chi connectivity index (χ1n) is 8.00. The molecule has 0 spiro atoms. The maximum absolute atomic E-state index is 5.47. The third-order valence-electron chi connectivity index (χ3n) is 4.91. The van der Waals surface area contributed by atoms with Crippen molar-refractivity contribution in [3.05, 3.63) is 23.4 Å². The average Bonchev–Trinajstić information content (AvgIpc) is 3.18. The molecule has 0 bridgehead atoms. The van der Waals surface area contributed by atoms with E-state index in [2.05, 4.69) is 15.0 Å². The fraction of sp³-hybridized carbons (Fsp3) is 0.625. The van der Waals surface area contributed by atoms with Crippen molar-refractivity contribution in [3.63, 3.8) is 0 Å². The van der Waals surface area contributed by atoms with Crippen LogP contribution < -0.4 is 0 Å². The molecule has 2 aliphatic rings. The number of hydrogen-bond acceptors (Lipinski definition) is 5. The van der Waals surface area contributed by atoms with E-state index in [-0.39, 0.29) is 0 Å². The summed E-state index contributed by atoms with van der Waals surface area (Å²) >= 11 is 1.66. The summed E-state index contributed by atoms with van der Waals surface area (Å²) in [4.78, 5) is 8.24. The van der Waals surface area contributed by atoms with Crippen LogP contribution in [0, 0.1) is 5.92 Å². The lowest BCUT2D eigenvalue weighted by Crippen LogP contribution is -2.46. The van der Waals surface area contributed by atoms with Crippen molar-refractivity contribution in [1.29, 1.82) is 0 Å². The highest BCUT2D eigenvalue weighted by molar-refractivity contribution is 7.13. The zero-order valence-electron chi connectivity index (χ0n) is 12.2. The lowest BCUT2D eigenvalue weighted by atomic mass is 9.78. The Kier molecular flexibility index (Phi) is 3.78. The molecule has 2 aromatic rings. The molecular formula is C16H21N3OS. The Balaban J connectivity index is 1.47. The van der Waals surface area contributed by atoms with Gasteiger partial charge in [-0.1, -0.05) is 24.1 Å². The Morgan fingerprint density at radius 3 is 3.05 bits per heavy atom. The number of likely N-dealkylation sites (tertiary alicyclic amines) is 1. The van der Waals surface area contributed by atoms with Gasteiger partial charge in [-0.05, 0) is 49.6 Å². The molecule has 4 rings (SSSR count). The normalized spacial score (nSPS) is 26.7. The Morgan fingerprint density at radius 2 is 2.14 bits per heavy atom. The second-order valence-electron chi connectivity index (χ2n) is 6.21. The van der Waals surface area contributed by atoms with Gasteiger partial charge in [-0.25, -0.2) is 0 Å². The highest BCUT2D eigenvalue weighted by Crippen LogP contribution is 2.36. The summed E-state index contributed by atoms with van der Waals surface area (Å²) in [7, 11) is 0. The number of fused-ring (bicyclic) bond motifs is 1. The molecule has 2 fully saturated rings. The largest absolute Gasteiger partial charge is 0.338 e. The standard InChI is InChI=1S/C16H21N3OS/c1-2-7-13-12(5-1)6-3-9-19(13)11-15-17-16(18-20-15)14-8-4-10-21-14/h4,8,10,12-13H,1-3,5-7,9,11H2. The lowest BCUT2D eigenvalue weighted by molar-refractivity contribution is 0.0466. The van der Waals surface area contributed by atoms with Gasteiger partial charge in [0.1, 0.15) is 0 Å². The van der Waals surface area contributed by atoms with Crippen LogP contribution in [0.15, 0.2) is 22.0 Å². The van der Waals surface area contributed by atoms with Crippen LogP contribution in [0.2, 0.25) is 0 Å². The predicted octanol–water partition coefficient (Wildman–Crippen LogP) is 3.95. The third-order valence-corrected chi connectivity index (χ3v) is 5.77. The van der Waals surface area contributed by atoms with E-state index in [0.717, 1.165) is 35.1 Å². The Labute approximate surface area is 129 Å². The minimum Gasteiger partial charge on any atom is -0.338 e. The highest BCUT2D eigenvalue weighted by atomic mass is 32.1. The van der Waals surface area contributed by atoms with Gasteiger partial charge in [0.25, 0.3) is 0 Å². The average molecular weight is 303 g/mol. The van der Waals surface area contributed by atoms with E-state index in [9.17, 15) is 0 Å². The fourth-order valence-electron chi connectivity index (χ4n) is 3.92. The molecule has 5 heteroatoms. The van der Waals surface area contributed by atoms with Crippen molar-refractivity contribution in [2.24, 2.45) is 5.92 Å². The highest BCUT2D eigenvalue weighted by Gasteiger charge is 2.33. The summed E-state index contributed by atoms with van der Waals surface area (Å²) < 4.78 is 5.47. The number of aromatic nitrogens is 2. The third kappa shape index (κ3) is 2.77. The zero-order valence-corrected chi connectivity index (χ0v) is 13.0. The van der Waals surface area contributed by atoms with E-state index in [1.165, 1.54) is 45.1 Å². The number of nitrogens with zero attached hydrogens (tertiary/aromatic N) is 3. The molecule has 0 aromatic carbocycles. The van der Waals surface area contributed by atoms with Gasteiger partial charge in [0.05, 0.1) is 11.4 Å². The van der Waals surface area contributed by atoms with E-state index in [0.29, 0.717) is 0 Å². The molecule has 21 heavy (non-hydrogen) atoms. The van der Waals surface area contributed by atoms with Crippen LogP contribution in [0.3, 0.4) is 0 Å². The molecule has 4 nitrogen and oxygen atoms in total. The molecule has 1 saturated heterocycles. The minimum atomic E-state index is 0.734. The summed E-state index contributed by atoms with van der Waals surface area (Å²) in [6.07, 6.45) is 8.26. The summed E-state index contributed by atoms with van der Waals surface area (Å²) in [6.45, 7) is 2.00.